The van der Waals surface area contributed by atoms with Crippen LogP contribution in [-0.2, 0) is 4.79 Å². The lowest BCUT2D eigenvalue weighted by atomic mass is 10.1. The summed E-state index contributed by atoms with van der Waals surface area (Å²) in [6.07, 6.45) is 0.325. The number of carbonyl (C=O) groups is 1. The van der Waals surface area contributed by atoms with Crippen LogP contribution in [0.3, 0.4) is 0 Å². The van der Waals surface area contributed by atoms with Crippen molar-refractivity contribution in [1.82, 2.24) is 0 Å². The summed E-state index contributed by atoms with van der Waals surface area (Å²) in [6.45, 7) is 3.73. The second-order valence-corrected chi connectivity index (χ2v) is 3.91. The van der Waals surface area contributed by atoms with Crippen LogP contribution < -0.4 is 15.8 Å². The Bertz CT molecular complexity index is 375. The molecule has 0 bridgehead atoms. The van der Waals surface area contributed by atoms with E-state index in [4.69, 9.17) is 10.5 Å². The first-order valence-corrected chi connectivity index (χ1v) is 5.23. The Hall–Kier alpha value is -1.55. The summed E-state index contributed by atoms with van der Waals surface area (Å²) in [5.41, 5.74) is 7.32. The van der Waals surface area contributed by atoms with E-state index in [1.165, 1.54) is 0 Å². The lowest BCUT2D eigenvalue weighted by Crippen LogP contribution is -2.24. The molecule has 1 aromatic rings. The van der Waals surface area contributed by atoms with Crippen molar-refractivity contribution >= 4 is 11.6 Å². The van der Waals surface area contributed by atoms with Gasteiger partial charge in [-0.15, -0.1) is 0 Å². The number of rotatable bonds is 4. The highest BCUT2D eigenvalue weighted by molar-refractivity contribution is 5.91. The summed E-state index contributed by atoms with van der Waals surface area (Å²) in [7, 11) is 1.61. The van der Waals surface area contributed by atoms with E-state index in [1.54, 1.807) is 14.0 Å². The number of aryl methyl sites for hydroxylation is 1. The molecule has 0 heterocycles. The number of amides is 1. The predicted octanol–water partition coefficient (Wildman–Crippen LogP) is 1.68. The number of hydrogen-bond donors (Lipinski definition) is 2. The molecule has 1 aromatic carbocycles. The maximum absolute atomic E-state index is 11.5. The topological polar surface area (TPSA) is 64.3 Å². The highest BCUT2D eigenvalue weighted by atomic mass is 16.5. The molecule has 0 aliphatic heterocycles. The van der Waals surface area contributed by atoms with Gasteiger partial charge < -0.3 is 15.8 Å². The zero-order valence-corrected chi connectivity index (χ0v) is 9.91. The van der Waals surface area contributed by atoms with Crippen molar-refractivity contribution in [2.75, 3.05) is 12.4 Å². The van der Waals surface area contributed by atoms with Crippen molar-refractivity contribution in [3.8, 4) is 5.75 Å². The third-order valence-corrected chi connectivity index (χ3v) is 2.22. The minimum atomic E-state index is -0.126. The SMILES string of the molecule is COc1ccc(NC(=O)CC(C)N)c(C)c1. The Morgan fingerprint density at radius 2 is 2.25 bits per heavy atom. The lowest BCUT2D eigenvalue weighted by molar-refractivity contribution is -0.116. The number of nitrogens with two attached hydrogens (primary N) is 1. The Morgan fingerprint density at radius 3 is 2.75 bits per heavy atom. The maximum Gasteiger partial charge on any atom is 0.225 e. The van der Waals surface area contributed by atoms with Gasteiger partial charge in [0.2, 0.25) is 5.91 Å². The normalized spacial score (nSPS) is 12.0. The van der Waals surface area contributed by atoms with Crippen LogP contribution in [-0.4, -0.2) is 19.1 Å². The fraction of sp³-hybridized carbons (Fsp3) is 0.417. The predicted molar refractivity (Wildman–Crippen MR) is 64.6 cm³/mol. The smallest absolute Gasteiger partial charge is 0.225 e. The molecular weight excluding hydrogens is 204 g/mol. The zero-order valence-electron chi connectivity index (χ0n) is 9.91. The van der Waals surface area contributed by atoms with E-state index in [-0.39, 0.29) is 11.9 Å². The fourth-order valence-corrected chi connectivity index (χ4v) is 1.40. The number of nitrogens with one attached hydrogen (secondary N) is 1. The first kappa shape index (κ1) is 12.5. The van der Waals surface area contributed by atoms with Gasteiger partial charge in [-0.2, -0.15) is 0 Å². The molecule has 1 rings (SSSR count). The monoisotopic (exact) mass is 222 g/mol. The molecule has 1 atom stereocenters. The number of methoxy groups -OCH3 is 1. The Kier molecular flexibility index (Phi) is 4.31. The van der Waals surface area contributed by atoms with Gasteiger partial charge in [-0.25, -0.2) is 0 Å². The standard InChI is InChI=1S/C12H18N2O2/c1-8-6-10(16-3)4-5-11(8)14-12(15)7-9(2)13/h4-6,9H,7,13H2,1-3H3,(H,14,15). The van der Waals surface area contributed by atoms with Crippen LogP contribution in [0, 0.1) is 6.92 Å². The van der Waals surface area contributed by atoms with Gasteiger partial charge in [-0.05, 0) is 37.6 Å². The zero-order chi connectivity index (χ0) is 12.1. The summed E-state index contributed by atoms with van der Waals surface area (Å²) >= 11 is 0. The molecule has 0 saturated carbocycles. The Balaban J connectivity index is 2.70. The van der Waals surface area contributed by atoms with Crippen molar-refractivity contribution < 1.29 is 9.53 Å². The van der Waals surface area contributed by atoms with E-state index in [0.717, 1.165) is 17.0 Å². The van der Waals surface area contributed by atoms with E-state index in [9.17, 15) is 4.79 Å². The van der Waals surface area contributed by atoms with E-state index >= 15 is 0 Å². The van der Waals surface area contributed by atoms with Crippen molar-refractivity contribution in [1.29, 1.82) is 0 Å². The number of carbonyl (C=O) groups excluding carboxylic acids is 1. The first-order valence-electron chi connectivity index (χ1n) is 5.23. The van der Waals surface area contributed by atoms with Gasteiger partial charge in [0, 0.05) is 18.2 Å². The number of anilines is 1. The van der Waals surface area contributed by atoms with E-state index in [1.807, 2.05) is 25.1 Å². The summed E-state index contributed by atoms with van der Waals surface area (Å²) in [6, 6.07) is 5.39. The van der Waals surface area contributed by atoms with Gasteiger partial charge in [-0.1, -0.05) is 0 Å². The second-order valence-electron chi connectivity index (χ2n) is 3.91. The van der Waals surface area contributed by atoms with Crippen LogP contribution in [0.4, 0.5) is 5.69 Å². The summed E-state index contributed by atoms with van der Waals surface area (Å²) in [5, 5.41) is 2.82. The summed E-state index contributed by atoms with van der Waals surface area (Å²) < 4.78 is 5.09. The minimum absolute atomic E-state index is 0.0664. The van der Waals surface area contributed by atoms with E-state index < -0.39 is 0 Å². The van der Waals surface area contributed by atoms with Gasteiger partial charge >= 0.3 is 0 Å². The molecule has 0 aliphatic rings. The van der Waals surface area contributed by atoms with Gasteiger partial charge in [0.25, 0.3) is 0 Å². The van der Waals surface area contributed by atoms with Crippen molar-refractivity contribution in [3.05, 3.63) is 23.8 Å². The number of ether oxygens (including phenoxy) is 1. The number of hydrogen-bond acceptors (Lipinski definition) is 3. The largest absolute Gasteiger partial charge is 0.497 e. The average Bonchev–Trinajstić information content (AvgIpc) is 2.19. The van der Waals surface area contributed by atoms with E-state index in [0.29, 0.717) is 6.42 Å². The second kappa shape index (κ2) is 5.51. The summed E-state index contributed by atoms with van der Waals surface area (Å²) in [5.74, 6) is 0.714. The number of benzene rings is 1. The van der Waals surface area contributed by atoms with Crippen molar-refractivity contribution in [2.45, 2.75) is 26.3 Å². The molecule has 1 unspecified atom stereocenters. The average molecular weight is 222 g/mol. The highest BCUT2D eigenvalue weighted by Gasteiger charge is 2.07. The molecule has 88 valence electrons. The molecule has 4 nitrogen and oxygen atoms in total. The maximum atomic E-state index is 11.5. The molecule has 0 radical (unpaired) electrons. The molecule has 1 amide bonds. The third-order valence-electron chi connectivity index (χ3n) is 2.22. The summed E-state index contributed by atoms with van der Waals surface area (Å²) in [4.78, 5) is 11.5. The van der Waals surface area contributed by atoms with Gasteiger partial charge in [0.05, 0.1) is 7.11 Å². The van der Waals surface area contributed by atoms with Crippen molar-refractivity contribution in [2.24, 2.45) is 5.73 Å². The molecule has 0 aromatic heterocycles. The van der Waals surface area contributed by atoms with Crippen LogP contribution in [0.1, 0.15) is 18.9 Å². The molecule has 0 fully saturated rings. The molecular formula is C12H18N2O2. The van der Waals surface area contributed by atoms with Gasteiger partial charge in [0.1, 0.15) is 5.75 Å². The lowest BCUT2D eigenvalue weighted by Gasteiger charge is -2.10. The van der Waals surface area contributed by atoms with Crippen LogP contribution in [0.25, 0.3) is 0 Å². The molecule has 4 heteroatoms. The van der Waals surface area contributed by atoms with Crippen molar-refractivity contribution in [3.63, 3.8) is 0 Å². The van der Waals surface area contributed by atoms with Crippen LogP contribution in [0.2, 0.25) is 0 Å². The molecule has 3 N–H and O–H groups in total. The highest BCUT2D eigenvalue weighted by Crippen LogP contribution is 2.21. The Morgan fingerprint density at radius 1 is 1.56 bits per heavy atom. The van der Waals surface area contributed by atoms with Crippen LogP contribution >= 0.6 is 0 Å². The molecule has 0 aliphatic carbocycles. The van der Waals surface area contributed by atoms with Crippen LogP contribution in [0.15, 0.2) is 18.2 Å². The molecule has 0 spiro atoms. The van der Waals surface area contributed by atoms with Crippen LogP contribution in [0.5, 0.6) is 5.75 Å². The quantitative estimate of drug-likeness (QED) is 0.814. The first-order chi connectivity index (χ1) is 7.52. The molecule has 0 saturated heterocycles. The van der Waals surface area contributed by atoms with Gasteiger partial charge in [0.15, 0.2) is 0 Å². The third kappa shape index (κ3) is 3.55. The minimum Gasteiger partial charge on any atom is -0.497 e. The Labute approximate surface area is 95.8 Å². The van der Waals surface area contributed by atoms with E-state index in [2.05, 4.69) is 5.32 Å². The molecule has 16 heavy (non-hydrogen) atoms. The fourth-order valence-electron chi connectivity index (χ4n) is 1.40. The van der Waals surface area contributed by atoms with Gasteiger partial charge in [-0.3, -0.25) is 4.79 Å².